The highest BCUT2D eigenvalue weighted by Gasteiger charge is 2.14. The van der Waals surface area contributed by atoms with E-state index in [0.29, 0.717) is 5.69 Å². The molecular formula is C17H10F2N4. The highest BCUT2D eigenvalue weighted by atomic mass is 19.1. The monoisotopic (exact) mass is 308 g/mol. The van der Waals surface area contributed by atoms with Gasteiger partial charge in [-0.3, -0.25) is 0 Å². The second-order valence-electron chi connectivity index (χ2n) is 4.68. The van der Waals surface area contributed by atoms with Crippen LogP contribution in [0.4, 0.5) is 8.78 Å². The van der Waals surface area contributed by atoms with E-state index in [0.717, 1.165) is 5.56 Å². The van der Waals surface area contributed by atoms with Crippen molar-refractivity contribution < 1.29 is 8.78 Å². The minimum absolute atomic E-state index is 0.0756. The van der Waals surface area contributed by atoms with E-state index in [1.807, 2.05) is 6.07 Å². The lowest BCUT2D eigenvalue weighted by atomic mass is 10.2. The van der Waals surface area contributed by atoms with Crippen LogP contribution in [0.2, 0.25) is 0 Å². The molecule has 3 rings (SSSR count). The Hall–Kier alpha value is -3.33. The van der Waals surface area contributed by atoms with Crippen molar-refractivity contribution in [1.29, 1.82) is 5.26 Å². The van der Waals surface area contributed by atoms with E-state index < -0.39 is 5.82 Å². The molecule has 1 heterocycles. The zero-order valence-electron chi connectivity index (χ0n) is 11.8. The molecule has 0 amide bonds. The smallest absolute Gasteiger partial charge is 0.190 e. The van der Waals surface area contributed by atoms with Gasteiger partial charge in [-0.15, -0.1) is 5.10 Å². The Morgan fingerprint density at radius 3 is 2.43 bits per heavy atom. The highest BCUT2D eigenvalue weighted by Crippen LogP contribution is 2.18. The number of nitriles is 1. The van der Waals surface area contributed by atoms with Crippen LogP contribution in [0, 0.1) is 23.0 Å². The molecule has 0 bridgehead atoms. The van der Waals surface area contributed by atoms with Crippen molar-refractivity contribution in [2.75, 3.05) is 0 Å². The van der Waals surface area contributed by atoms with Crippen molar-refractivity contribution in [2.45, 2.75) is 0 Å². The topological polar surface area (TPSA) is 54.5 Å². The largest absolute Gasteiger partial charge is 0.209 e. The molecule has 4 nitrogen and oxygen atoms in total. The van der Waals surface area contributed by atoms with Crippen LogP contribution in [0.1, 0.15) is 17.0 Å². The van der Waals surface area contributed by atoms with Gasteiger partial charge in [-0.25, -0.2) is 13.5 Å². The fourth-order valence-electron chi connectivity index (χ4n) is 2.07. The minimum atomic E-state index is -0.474. The predicted octanol–water partition coefficient (Wildman–Crippen LogP) is 3.59. The fourth-order valence-corrected chi connectivity index (χ4v) is 2.07. The Balaban J connectivity index is 2.05. The average molecular weight is 308 g/mol. The van der Waals surface area contributed by atoms with E-state index in [9.17, 15) is 8.78 Å². The fraction of sp³-hybridized carbons (Fsp3) is 0. The molecule has 0 saturated carbocycles. The van der Waals surface area contributed by atoms with Crippen molar-refractivity contribution in [3.05, 3.63) is 77.1 Å². The van der Waals surface area contributed by atoms with E-state index in [1.165, 1.54) is 22.9 Å². The summed E-state index contributed by atoms with van der Waals surface area (Å²) in [5.74, 6) is -0.809. The molecule has 112 valence electrons. The van der Waals surface area contributed by atoms with E-state index in [1.54, 1.807) is 42.5 Å². The molecule has 3 aromatic rings. The van der Waals surface area contributed by atoms with E-state index >= 15 is 0 Å². The van der Waals surface area contributed by atoms with Gasteiger partial charge < -0.3 is 0 Å². The SMILES string of the molecule is N#Cc1nnn(-c2ccccc2F)c1/C=C/c1ccc(F)cc1. The second-order valence-corrected chi connectivity index (χ2v) is 4.68. The molecule has 23 heavy (non-hydrogen) atoms. The quantitative estimate of drug-likeness (QED) is 0.743. The molecule has 0 saturated heterocycles. The number of hydrogen-bond acceptors (Lipinski definition) is 3. The maximum Gasteiger partial charge on any atom is 0.190 e. The maximum absolute atomic E-state index is 13.9. The lowest BCUT2D eigenvalue weighted by Gasteiger charge is -2.04. The Morgan fingerprint density at radius 1 is 1.00 bits per heavy atom. The van der Waals surface area contributed by atoms with Crippen molar-refractivity contribution in [3.8, 4) is 11.8 Å². The van der Waals surface area contributed by atoms with Gasteiger partial charge in [0.2, 0.25) is 0 Å². The Morgan fingerprint density at radius 2 is 1.74 bits per heavy atom. The van der Waals surface area contributed by atoms with Gasteiger partial charge in [0.15, 0.2) is 5.69 Å². The van der Waals surface area contributed by atoms with Crippen molar-refractivity contribution in [3.63, 3.8) is 0 Å². The number of aromatic nitrogens is 3. The molecule has 0 N–H and O–H groups in total. The summed E-state index contributed by atoms with van der Waals surface area (Å²) in [6.07, 6.45) is 3.27. The zero-order valence-corrected chi connectivity index (χ0v) is 11.8. The van der Waals surface area contributed by atoms with Crippen LogP contribution in [0.3, 0.4) is 0 Å². The van der Waals surface area contributed by atoms with Gasteiger partial charge in [-0.2, -0.15) is 5.26 Å². The first kappa shape index (κ1) is 14.6. The maximum atomic E-state index is 13.9. The Bertz CT molecular complexity index is 905. The molecule has 0 spiro atoms. The van der Waals surface area contributed by atoms with Crippen LogP contribution < -0.4 is 0 Å². The molecule has 0 aliphatic carbocycles. The molecule has 6 heteroatoms. The highest BCUT2D eigenvalue weighted by molar-refractivity contribution is 5.70. The molecule has 0 unspecified atom stereocenters. The summed E-state index contributed by atoms with van der Waals surface area (Å²) in [4.78, 5) is 0. The summed E-state index contributed by atoms with van der Waals surface area (Å²) in [7, 11) is 0. The average Bonchev–Trinajstić information content (AvgIpc) is 2.97. The lowest BCUT2D eigenvalue weighted by molar-refractivity contribution is 0.606. The van der Waals surface area contributed by atoms with Gasteiger partial charge in [0.1, 0.15) is 29.1 Å². The second kappa shape index (κ2) is 6.20. The molecule has 0 atom stereocenters. The summed E-state index contributed by atoms with van der Waals surface area (Å²) in [6.45, 7) is 0. The first-order valence-corrected chi connectivity index (χ1v) is 6.73. The summed E-state index contributed by atoms with van der Waals surface area (Å²) in [5.41, 5.74) is 1.35. The number of rotatable bonds is 3. The molecule has 1 aromatic heterocycles. The number of nitrogens with zero attached hydrogens (tertiary/aromatic N) is 4. The van der Waals surface area contributed by atoms with Crippen molar-refractivity contribution in [1.82, 2.24) is 15.0 Å². The molecule has 0 aliphatic heterocycles. The molecule has 0 radical (unpaired) electrons. The lowest BCUT2D eigenvalue weighted by Crippen LogP contribution is -2.02. The van der Waals surface area contributed by atoms with E-state index in [2.05, 4.69) is 10.3 Å². The number of halogens is 2. The molecule has 2 aromatic carbocycles. The summed E-state index contributed by atoms with van der Waals surface area (Å²) in [5, 5.41) is 16.7. The van der Waals surface area contributed by atoms with Crippen LogP contribution in [0.15, 0.2) is 48.5 Å². The predicted molar refractivity (Wildman–Crippen MR) is 81.4 cm³/mol. The first-order valence-electron chi connectivity index (χ1n) is 6.73. The van der Waals surface area contributed by atoms with Gasteiger partial charge in [-0.1, -0.05) is 35.6 Å². The Kier molecular flexibility index (Phi) is 3.93. The normalized spacial score (nSPS) is 10.8. The number of benzene rings is 2. The van der Waals surface area contributed by atoms with Crippen LogP contribution in [-0.4, -0.2) is 15.0 Å². The van der Waals surface area contributed by atoms with Crippen LogP contribution >= 0.6 is 0 Å². The summed E-state index contributed by atoms with van der Waals surface area (Å²) < 4.78 is 28.1. The summed E-state index contributed by atoms with van der Waals surface area (Å²) >= 11 is 0. The standard InChI is InChI=1S/C17H10F2N4/c18-13-8-5-12(6-9-13)7-10-17-15(11-20)21-22-23(17)16-4-2-1-3-14(16)19/h1-10H/b10-7+. The van der Waals surface area contributed by atoms with E-state index in [4.69, 9.17) is 5.26 Å². The third-order valence-corrected chi connectivity index (χ3v) is 3.20. The molecule has 0 fully saturated rings. The van der Waals surface area contributed by atoms with Crippen molar-refractivity contribution >= 4 is 12.2 Å². The third-order valence-electron chi connectivity index (χ3n) is 3.20. The van der Waals surface area contributed by atoms with Crippen molar-refractivity contribution in [2.24, 2.45) is 0 Å². The molecular weight excluding hydrogens is 298 g/mol. The molecule has 0 aliphatic rings. The van der Waals surface area contributed by atoms with Gasteiger partial charge in [0, 0.05) is 0 Å². The van der Waals surface area contributed by atoms with Crippen LogP contribution in [0.5, 0.6) is 0 Å². The first-order chi connectivity index (χ1) is 11.2. The Labute approximate surface area is 130 Å². The minimum Gasteiger partial charge on any atom is -0.209 e. The summed E-state index contributed by atoms with van der Waals surface area (Å²) in [6, 6.07) is 13.8. The van der Waals surface area contributed by atoms with Gasteiger partial charge in [0.05, 0.1) is 0 Å². The van der Waals surface area contributed by atoms with E-state index in [-0.39, 0.29) is 17.2 Å². The van der Waals surface area contributed by atoms with Crippen LogP contribution in [0.25, 0.3) is 17.8 Å². The van der Waals surface area contributed by atoms with Gasteiger partial charge >= 0.3 is 0 Å². The van der Waals surface area contributed by atoms with Gasteiger partial charge in [0.25, 0.3) is 0 Å². The number of hydrogen-bond donors (Lipinski definition) is 0. The third kappa shape index (κ3) is 2.99. The van der Waals surface area contributed by atoms with Gasteiger partial charge in [-0.05, 0) is 35.9 Å². The van der Waals surface area contributed by atoms with Crippen LogP contribution in [-0.2, 0) is 0 Å². The number of para-hydroxylation sites is 1. The zero-order chi connectivity index (χ0) is 16.2.